The number of pyridine rings is 1. The number of alkyl halides is 2. The second-order valence-electron chi connectivity index (χ2n) is 6.25. The maximum absolute atomic E-state index is 13.6. The summed E-state index contributed by atoms with van der Waals surface area (Å²) < 4.78 is 33.8. The van der Waals surface area contributed by atoms with E-state index in [1.807, 2.05) is 0 Å². The van der Waals surface area contributed by atoms with Gasteiger partial charge >= 0.3 is 5.97 Å². The Morgan fingerprint density at radius 2 is 1.93 bits per heavy atom. The molecule has 0 radical (unpaired) electrons. The number of rotatable bonds is 4. The molecule has 4 aromatic rings. The van der Waals surface area contributed by atoms with Gasteiger partial charge in [0.05, 0.1) is 15.6 Å². The number of fused-ring (bicyclic) bond motifs is 1. The molecule has 29 heavy (non-hydrogen) atoms. The van der Waals surface area contributed by atoms with Gasteiger partial charge in [0.2, 0.25) is 5.82 Å². The number of carboxylic acid groups (broad SMARTS) is 1. The van der Waals surface area contributed by atoms with E-state index in [1.165, 1.54) is 35.0 Å². The molecule has 0 bridgehead atoms. The summed E-state index contributed by atoms with van der Waals surface area (Å²) in [6.07, 6.45) is 2.65. The molecule has 0 aliphatic carbocycles. The first-order valence-corrected chi connectivity index (χ1v) is 8.83. The highest BCUT2D eigenvalue weighted by atomic mass is 35.5. The summed E-state index contributed by atoms with van der Waals surface area (Å²) in [7, 11) is 0. The molecule has 3 aromatic heterocycles. The predicted octanol–water partition coefficient (Wildman–Crippen LogP) is 5.17. The number of hydrogen-bond acceptors (Lipinski definition) is 5. The van der Waals surface area contributed by atoms with Gasteiger partial charge in [0.1, 0.15) is 5.69 Å². The van der Waals surface area contributed by atoms with Crippen LogP contribution in [0.15, 0.2) is 41.2 Å². The second kappa shape index (κ2) is 6.78. The Kier molecular flexibility index (Phi) is 4.51. The van der Waals surface area contributed by atoms with Crippen molar-refractivity contribution in [2.75, 3.05) is 0 Å². The summed E-state index contributed by atoms with van der Waals surface area (Å²) in [5.41, 5.74) is 0.580. The number of carbonyl (C=O) groups is 1. The van der Waals surface area contributed by atoms with Gasteiger partial charge in [-0.25, -0.2) is 18.6 Å². The summed E-state index contributed by atoms with van der Waals surface area (Å²) >= 11 is 12.2. The Morgan fingerprint density at radius 1 is 1.17 bits per heavy atom. The maximum atomic E-state index is 13.6. The Balaban J connectivity index is 1.74. The molecular weight excluding hydrogens is 429 g/mol. The molecule has 0 spiro atoms. The van der Waals surface area contributed by atoms with E-state index in [4.69, 9.17) is 32.8 Å². The molecule has 7 nitrogen and oxygen atoms in total. The van der Waals surface area contributed by atoms with Crippen molar-refractivity contribution < 1.29 is 23.2 Å². The van der Waals surface area contributed by atoms with E-state index in [0.29, 0.717) is 5.56 Å². The lowest BCUT2D eigenvalue weighted by molar-refractivity contribution is 0.0170. The third-order valence-corrected chi connectivity index (χ3v) is 4.71. The molecule has 11 heteroatoms. The van der Waals surface area contributed by atoms with E-state index in [1.54, 1.807) is 0 Å². The number of halogens is 4. The smallest absolute Gasteiger partial charge is 0.335 e. The lowest BCUT2D eigenvalue weighted by Gasteiger charge is -2.11. The van der Waals surface area contributed by atoms with Crippen LogP contribution in [-0.4, -0.2) is 30.6 Å². The van der Waals surface area contributed by atoms with Crippen molar-refractivity contribution in [1.29, 1.82) is 0 Å². The van der Waals surface area contributed by atoms with Crippen LogP contribution in [0.4, 0.5) is 8.78 Å². The molecule has 1 N–H and O–H groups in total. The number of hydrogen-bond donors (Lipinski definition) is 1. The zero-order chi connectivity index (χ0) is 20.9. The van der Waals surface area contributed by atoms with Crippen LogP contribution in [0.5, 0.6) is 0 Å². The topological polar surface area (TPSA) is 93.5 Å². The lowest BCUT2D eigenvalue weighted by Crippen LogP contribution is -2.08. The molecule has 0 unspecified atom stereocenters. The minimum absolute atomic E-state index is 0.0148. The monoisotopic (exact) mass is 438 g/mol. The number of imidazole rings is 1. The van der Waals surface area contributed by atoms with Crippen molar-refractivity contribution in [2.24, 2.45) is 0 Å². The van der Waals surface area contributed by atoms with Crippen LogP contribution < -0.4 is 0 Å². The van der Waals surface area contributed by atoms with Crippen LogP contribution in [0.3, 0.4) is 0 Å². The van der Waals surface area contributed by atoms with E-state index in [9.17, 15) is 13.6 Å². The fourth-order valence-corrected chi connectivity index (χ4v) is 3.19. The van der Waals surface area contributed by atoms with Crippen molar-refractivity contribution in [3.05, 3.63) is 57.8 Å². The first kappa shape index (κ1) is 19.3. The molecule has 1 aromatic carbocycles. The number of nitrogens with zero attached hydrogens (tertiary/aromatic N) is 4. The third kappa shape index (κ3) is 3.54. The fraction of sp³-hybridized carbons (Fsp3) is 0.111. The van der Waals surface area contributed by atoms with Gasteiger partial charge in [-0.1, -0.05) is 28.4 Å². The number of carboxylic acids is 1. The Morgan fingerprint density at radius 3 is 2.59 bits per heavy atom. The van der Waals surface area contributed by atoms with Gasteiger partial charge in [-0.05, 0) is 24.3 Å². The second-order valence-corrected chi connectivity index (χ2v) is 7.06. The highest BCUT2D eigenvalue weighted by Crippen LogP contribution is 2.32. The first-order valence-electron chi connectivity index (χ1n) is 8.07. The summed E-state index contributed by atoms with van der Waals surface area (Å²) in [4.78, 5) is 19.5. The molecule has 0 aliphatic heterocycles. The van der Waals surface area contributed by atoms with Crippen LogP contribution in [0.1, 0.15) is 22.8 Å². The van der Waals surface area contributed by atoms with Crippen molar-refractivity contribution in [1.82, 2.24) is 19.5 Å². The molecular formula is C18H10Cl2F2N4O3. The zero-order valence-electron chi connectivity index (χ0n) is 14.5. The average molecular weight is 439 g/mol. The van der Waals surface area contributed by atoms with Gasteiger partial charge in [-0.2, -0.15) is 4.98 Å². The average Bonchev–Trinajstić information content (AvgIpc) is 3.27. The summed E-state index contributed by atoms with van der Waals surface area (Å²) in [6, 6.07) is 5.23. The maximum Gasteiger partial charge on any atom is 0.335 e. The van der Waals surface area contributed by atoms with Crippen LogP contribution in [0.25, 0.3) is 28.6 Å². The zero-order valence-corrected chi connectivity index (χ0v) is 16.0. The molecule has 148 valence electrons. The highest BCUT2D eigenvalue weighted by molar-refractivity contribution is 6.34. The van der Waals surface area contributed by atoms with Gasteiger partial charge in [0, 0.05) is 30.4 Å². The number of aromatic carboxylic acids is 1. The Bertz CT molecular complexity index is 1260. The van der Waals surface area contributed by atoms with Crippen LogP contribution >= 0.6 is 23.2 Å². The van der Waals surface area contributed by atoms with Crippen molar-refractivity contribution in [2.45, 2.75) is 12.8 Å². The lowest BCUT2D eigenvalue weighted by atomic mass is 10.1. The Hall–Kier alpha value is -3.04. The fourth-order valence-electron chi connectivity index (χ4n) is 2.67. The minimum atomic E-state index is -3.07. The standard InChI is InChI=1S/C18H10Cl2F2N4O3/c1-18(21,22)9-5-12(20)15-23-13(7-26(15)6-9)16-24-14(25-29-16)10-3-2-8(17(27)28)4-11(10)19/h2-7H,1H3,(H,27,28). The van der Waals surface area contributed by atoms with Gasteiger partial charge < -0.3 is 14.0 Å². The van der Waals surface area contributed by atoms with Gasteiger partial charge in [0.15, 0.2) is 5.65 Å². The van der Waals surface area contributed by atoms with E-state index in [0.717, 1.165) is 13.0 Å². The summed E-state index contributed by atoms with van der Waals surface area (Å²) in [5, 5.41) is 13.0. The van der Waals surface area contributed by atoms with Crippen molar-refractivity contribution >= 4 is 34.8 Å². The molecule has 3 heterocycles. The molecule has 0 aliphatic rings. The summed E-state index contributed by atoms with van der Waals surface area (Å²) in [5.74, 6) is -4.06. The van der Waals surface area contributed by atoms with E-state index in [2.05, 4.69) is 15.1 Å². The minimum Gasteiger partial charge on any atom is -0.478 e. The molecule has 0 amide bonds. The highest BCUT2D eigenvalue weighted by Gasteiger charge is 2.26. The van der Waals surface area contributed by atoms with Crippen LogP contribution in [-0.2, 0) is 5.92 Å². The molecule has 4 rings (SSSR count). The van der Waals surface area contributed by atoms with Crippen molar-refractivity contribution in [3.8, 4) is 23.0 Å². The van der Waals surface area contributed by atoms with E-state index < -0.39 is 11.9 Å². The van der Waals surface area contributed by atoms with Crippen LogP contribution in [0, 0.1) is 0 Å². The largest absolute Gasteiger partial charge is 0.478 e. The third-order valence-electron chi connectivity index (χ3n) is 4.12. The van der Waals surface area contributed by atoms with Gasteiger partial charge in [0.25, 0.3) is 11.8 Å². The molecule has 0 saturated heterocycles. The molecule has 0 fully saturated rings. The van der Waals surface area contributed by atoms with E-state index >= 15 is 0 Å². The quantitative estimate of drug-likeness (QED) is 0.472. The van der Waals surface area contributed by atoms with Gasteiger partial charge in [-0.15, -0.1) is 0 Å². The number of aromatic nitrogens is 4. The first-order chi connectivity index (χ1) is 13.6. The van der Waals surface area contributed by atoms with Gasteiger partial charge in [-0.3, -0.25) is 0 Å². The normalized spacial score (nSPS) is 11.9. The predicted molar refractivity (Wildman–Crippen MR) is 100 cm³/mol. The molecule has 0 saturated carbocycles. The SMILES string of the molecule is CC(F)(F)c1cc(Cl)c2nc(-c3nc(-c4ccc(C(=O)O)cc4Cl)no3)cn2c1. The molecule has 0 atom stereocenters. The van der Waals surface area contributed by atoms with Crippen molar-refractivity contribution in [3.63, 3.8) is 0 Å². The van der Waals surface area contributed by atoms with E-state index in [-0.39, 0.29) is 44.2 Å². The summed E-state index contributed by atoms with van der Waals surface area (Å²) in [6.45, 7) is 0.770. The Labute approximate surface area is 171 Å². The van der Waals surface area contributed by atoms with Crippen LogP contribution in [0.2, 0.25) is 10.0 Å². The number of benzene rings is 1.